The number of aliphatic hydroxyl groups is 1. The number of aliphatic hydroxyl groups excluding tert-OH is 1. The summed E-state index contributed by atoms with van der Waals surface area (Å²) >= 11 is 0. The quantitative estimate of drug-likeness (QED) is 0.808. The van der Waals surface area contributed by atoms with Gasteiger partial charge in [0.1, 0.15) is 12.4 Å². The van der Waals surface area contributed by atoms with E-state index in [1.165, 1.54) is 0 Å². The molecular weight excluding hydrogens is 270 g/mol. The summed E-state index contributed by atoms with van der Waals surface area (Å²) in [4.78, 5) is 17.8. The lowest BCUT2D eigenvalue weighted by atomic mass is 10.2. The standard InChI is InChI=1S/C15H21N3O3/c1-3-17(8-9-19)11(2)15-16-12-6-4-5-7-13(12)18(15)10-14(20)21/h4-7,11,19H,3,8-10H2,1-2H3,(H,20,21). The predicted octanol–water partition coefficient (Wildman–Crippen LogP) is 1.50. The minimum Gasteiger partial charge on any atom is -0.480 e. The molecule has 0 aliphatic carbocycles. The summed E-state index contributed by atoms with van der Waals surface area (Å²) in [5.41, 5.74) is 1.61. The van der Waals surface area contributed by atoms with Crippen molar-refractivity contribution in [2.24, 2.45) is 0 Å². The summed E-state index contributed by atoms with van der Waals surface area (Å²) < 4.78 is 1.74. The number of benzene rings is 1. The van der Waals surface area contributed by atoms with Gasteiger partial charge in [-0.2, -0.15) is 0 Å². The van der Waals surface area contributed by atoms with Crippen LogP contribution in [0.3, 0.4) is 0 Å². The Balaban J connectivity index is 2.48. The Morgan fingerprint density at radius 2 is 2.14 bits per heavy atom. The van der Waals surface area contributed by atoms with Crippen LogP contribution >= 0.6 is 0 Å². The summed E-state index contributed by atoms with van der Waals surface area (Å²) in [6.07, 6.45) is 0. The normalized spacial score (nSPS) is 13.0. The fourth-order valence-corrected chi connectivity index (χ4v) is 2.63. The van der Waals surface area contributed by atoms with E-state index in [9.17, 15) is 4.79 Å². The van der Waals surface area contributed by atoms with Gasteiger partial charge in [-0.05, 0) is 25.6 Å². The van der Waals surface area contributed by atoms with E-state index in [1.54, 1.807) is 4.57 Å². The topological polar surface area (TPSA) is 78.6 Å². The van der Waals surface area contributed by atoms with Crippen LogP contribution in [0.5, 0.6) is 0 Å². The van der Waals surface area contributed by atoms with Crippen molar-refractivity contribution in [2.75, 3.05) is 19.7 Å². The number of likely N-dealkylation sites (N-methyl/N-ethyl adjacent to an activating group) is 1. The average molecular weight is 291 g/mol. The third-order valence-electron chi connectivity index (χ3n) is 3.69. The number of rotatable bonds is 7. The molecule has 6 heteroatoms. The second-order valence-corrected chi connectivity index (χ2v) is 4.97. The second-order valence-electron chi connectivity index (χ2n) is 4.97. The molecule has 0 saturated carbocycles. The number of carboxylic acids is 1. The lowest BCUT2D eigenvalue weighted by Crippen LogP contribution is -2.31. The Morgan fingerprint density at radius 1 is 1.43 bits per heavy atom. The van der Waals surface area contributed by atoms with Crippen LogP contribution in [-0.4, -0.2) is 50.3 Å². The molecule has 0 fully saturated rings. The Morgan fingerprint density at radius 3 is 2.76 bits per heavy atom. The van der Waals surface area contributed by atoms with Crippen LogP contribution in [0.4, 0.5) is 0 Å². The van der Waals surface area contributed by atoms with E-state index in [1.807, 2.05) is 38.1 Å². The monoisotopic (exact) mass is 291 g/mol. The second kappa shape index (κ2) is 6.69. The molecule has 2 rings (SSSR count). The van der Waals surface area contributed by atoms with Crippen LogP contribution in [0, 0.1) is 0 Å². The molecule has 1 aromatic heterocycles. The summed E-state index contributed by atoms with van der Waals surface area (Å²) in [5, 5.41) is 18.3. The Labute approximate surface area is 123 Å². The molecule has 0 radical (unpaired) electrons. The van der Waals surface area contributed by atoms with Crippen LogP contribution in [0.25, 0.3) is 11.0 Å². The molecule has 0 bridgehead atoms. The van der Waals surface area contributed by atoms with Gasteiger partial charge in [-0.25, -0.2) is 4.98 Å². The number of para-hydroxylation sites is 2. The lowest BCUT2D eigenvalue weighted by Gasteiger charge is -2.26. The molecule has 0 saturated heterocycles. The first-order chi connectivity index (χ1) is 10.1. The number of carbonyl (C=O) groups is 1. The Hall–Kier alpha value is -1.92. The van der Waals surface area contributed by atoms with Crippen molar-refractivity contribution in [3.8, 4) is 0 Å². The summed E-state index contributed by atoms with van der Waals surface area (Å²) in [5.74, 6) is -0.175. The highest BCUT2D eigenvalue weighted by Gasteiger charge is 2.22. The highest BCUT2D eigenvalue weighted by atomic mass is 16.4. The van der Waals surface area contributed by atoms with Crippen molar-refractivity contribution in [3.63, 3.8) is 0 Å². The molecule has 1 atom stereocenters. The molecule has 1 unspecified atom stereocenters. The maximum Gasteiger partial charge on any atom is 0.323 e. The maximum atomic E-state index is 11.1. The predicted molar refractivity (Wildman–Crippen MR) is 80.1 cm³/mol. The van der Waals surface area contributed by atoms with Gasteiger partial charge in [0.2, 0.25) is 0 Å². The van der Waals surface area contributed by atoms with E-state index in [4.69, 9.17) is 10.2 Å². The van der Waals surface area contributed by atoms with Crippen LogP contribution in [-0.2, 0) is 11.3 Å². The molecule has 0 aliphatic heterocycles. The third-order valence-corrected chi connectivity index (χ3v) is 3.69. The maximum absolute atomic E-state index is 11.1. The van der Waals surface area contributed by atoms with Crippen molar-refractivity contribution in [2.45, 2.75) is 26.4 Å². The van der Waals surface area contributed by atoms with Crippen molar-refractivity contribution in [3.05, 3.63) is 30.1 Å². The minimum atomic E-state index is -0.892. The number of nitrogens with zero attached hydrogens (tertiary/aromatic N) is 3. The Kier molecular flexibility index (Phi) is 4.93. The Bertz CT molecular complexity index is 624. The third kappa shape index (κ3) is 3.22. The molecule has 0 amide bonds. The molecule has 6 nitrogen and oxygen atoms in total. The smallest absolute Gasteiger partial charge is 0.323 e. The first kappa shape index (κ1) is 15.5. The number of fused-ring (bicyclic) bond motifs is 1. The van der Waals surface area contributed by atoms with Crippen LogP contribution < -0.4 is 0 Å². The van der Waals surface area contributed by atoms with Gasteiger partial charge in [0.15, 0.2) is 0 Å². The zero-order valence-corrected chi connectivity index (χ0v) is 12.4. The number of imidazole rings is 1. The first-order valence-electron chi connectivity index (χ1n) is 7.10. The molecule has 0 spiro atoms. The highest BCUT2D eigenvalue weighted by Crippen LogP contribution is 2.24. The number of hydrogen-bond donors (Lipinski definition) is 2. The van der Waals surface area contributed by atoms with Gasteiger partial charge in [-0.1, -0.05) is 19.1 Å². The van der Waals surface area contributed by atoms with Crippen molar-refractivity contribution < 1.29 is 15.0 Å². The molecular formula is C15H21N3O3. The molecule has 114 valence electrons. The van der Waals surface area contributed by atoms with E-state index in [0.717, 1.165) is 17.6 Å². The number of aliphatic carboxylic acids is 1. The van der Waals surface area contributed by atoms with Crippen LogP contribution in [0.1, 0.15) is 25.7 Å². The lowest BCUT2D eigenvalue weighted by molar-refractivity contribution is -0.137. The molecule has 1 aromatic carbocycles. The van der Waals surface area contributed by atoms with E-state index < -0.39 is 5.97 Å². The van der Waals surface area contributed by atoms with E-state index in [-0.39, 0.29) is 19.2 Å². The largest absolute Gasteiger partial charge is 0.480 e. The van der Waals surface area contributed by atoms with E-state index in [0.29, 0.717) is 12.4 Å². The molecule has 1 heterocycles. The van der Waals surface area contributed by atoms with Gasteiger partial charge in [0.25, 0.3) is 0 Å². The summed E-state index contributed by atoms with van der Waals surface area (Å²) in [7, 11) is 0. The van der Waals surface area contributed by atoms with Crippen molar-refractivity contribution in [1.29, 1.82) is 0 Å². The van der Waals surface area contributed by atoms with Crippen molar-refractivity contribution >= 4 is 17.0 Å². The highest BCUT2D eigenvalue weighted by molar-refractivity contribution is 5.78. The van der Waals surface area contributed by atoms with Gasteiger partial charge >= 0.3 is 5.97 Å². The van der Waals surface area contributed by atoms with Gasteiger partial charge in [0, 0.05) is 6.54 Å². The summed E-state index contributed by atoms with van der Waals surface area (Å²) in [6, 6.07) is 7.46. The number of carboxylic acid groups (broad SMARTS) is 1. The molecule has 21 heavy (non-hydrogen) atoms. The number of hydrogen-bond acceptors (Lipinski definition) is 4. The van der Waals surface area contributed by atoms with Gasteiger partial charge in [-0.3, -0.25) is 9.69 Å². The van der Waals surface area contributed by atoms with Crippen LogP contribution in [0.15, 0.2) is 24.3 Å². The number of aromatic nitrogens is 2. The molecule has 0 aliphatic rings. The first-order valence-corrected chi connectivity index (χ1v) is 7.10. The molecule has 2 aromatic rings. The van der Waals surface area contributed by atoms with Crippen molar-refractivity contribution in [1.82, 2.24) is 14.5 Å². The zero-order chi connectivity index (χ0) is 15.4. The van der Waals surface area contributed by atoms with Gasteiger partial charge in [0.05, 0.1) is 23.7 Å². The minimum absolute atomic E-state index is 0.0612. The SMILES string of the molecule is CCN(CCO)C(C)c1nc2ccccc2n1CC(=O)O. The van der Waals surface area contributed by atoms with E-state index >= 15 is 0 Å². The molecule has 2 N–H and O–H groups in total. The fourth-order valence-electron chi connectivity index (χ4n) is 2.63. The van der Waals surface area contributed by atoms with Gasteiger partial charge < -0.3 is 14.8 Å². The van der Waals surface area contributed by atoms with E-state index in [2.05, 4.69) is 9.88 Å². The average Bonchev–Trinajstić information content (AvgIpc) is 2.82. The van der Waals surface area contributed by atoms with Gasteiger partial charge in [-0.15, -0.1) is 0 Å². The fraction of sp³-hybridized carbons (Fsp3) is 0.467. The zero-order valence-electron chi connectivity index (χ0n) is 12.4. The summed E-state index contributed by atoms with van der Waals surface area (Å²) in [6.45, 7) is 5.25. The van der Waals surface area contributed by atoms with Crippen LogP contribution in [0.2, 0.25) is 0 Å².